The molecule has 1 aliphatic rings. The highest BCUT2D eigenvalue weighted by Gasteiger charge is 2.45. The summed E-state index contributed by atoms with van der Waals surface area (Å²) in [6.45, 7) is 3.09. The highest BCUT2D eigenvalue weighted by Crippen LogP contribution is 2.32. The Morgan fingerprint density at radius 2 is 2.08 bits per heavy atom. The van der Waals surface area contributed by atoms with E-state index < -0.39 is 12.2 Å². The molecular weight excluding hydrogens is 167 g/mol. The van der Waals surface area contributed by atoms with E-state index in [1.807, 2.05) is 6.92 Å². The van der Waals surface area contributed by atoms with Gasteiger partial charge in [-0.05, 0) is 32.4 Å². The number of likely N-dealkylation sites (tertiary alicyclic amines) is 1. The largest absolute Gasteiger partial charge is 0.404 e. The second-order valence-corrected chi connectivity index (χ2v) is 3.24. The monoisotopic (exact) mass is 181 g/mol. The van der Waals surface area contributed by atoms with Crippen molar-refractivity contribution < 1.29 is 13.2 Å². The molecule has 1 fully saturated rings. The minimum absolute atomic E-state index is 0.281. The van der Waals surface area contributed by atoms with E-state index in [2.05, 4.69) is 0 Å². The Morgan fingerprint density at radius 3 is 2.58 bits per heavy atom. The molecule has 1 unspecified atom stereocenters. The number of alkyl halides is 3. The van der Waals surface area contributed by atoms with Crippen molar-refractivity contribution in [2.45, 2.75) is 38.4 Å². The van der Waals surface area contributed by atoms with Gasteiger partial charge in [-0.25, -0.2) is 0 Å². The van der Waals surface area contributed by atoms with E-state index in [-0.39, 0.29) is 6.42 Å². The minimum Gasteiger partial charge on any atom is -0.292 e. The molecule has 0 aromatic rings. The molecule has 0 radical (unpaired) electrons. The Bertz CT molecular complexity index is 144. The van der Waals surface area contributed by atoms with E-state index in [0.717, 1.165) is 6.42 Å². The van der Waals surface area contributed by atoms with Gasteiger partial charge in [-0.2, -0.15) is 13.2 Å². The van der Waals surface area contributed by atoms with Crippen molar-refractivity contribution in [3.63, 3.8) is 0 Å². The average molecular weight is 181 g/mol. The van der Waals surface area contributed by atoms with Crippen LogP contribution in [0.25, 0.3) is 0 Å². The molecule has 0 bridgehead atoms. The van der Waals surface area contributed by atoms with Crippen molar-refractivity contribution in [3.05, 3.63) is 0 Å². The molecule has 1 heterocycles. The number of halogens is 3. The zero-order chi connectivity index (χ0) is 9.19. The molecule has 1 saturated heterocycles. The smallest absolute Gasteiger partial charge is 0.292 e. The predicted molar refractivity (Wildman–Crippen MR) is 40.9 cm³/mol. The van der Waals surface area contributed by atoms with Crippen LogP contribution in [-0.4, -0.2) is 30.2 Å². The second-order valence-electron chi connectivity index (χ2n) is 3.24. The van der Waals surface area contributed by atoms with Crippen molar-refractivity contribution in [3.8, 4) is 0 Å². The van der Waals surface area contributed by atoms with Crippen LogP contribution in [-0.2, 0) is 0 Å². The van der Waals surface area contributed by atoms with Gasteiger partial charge in [-0.15, -0.1) is 0 Å². The molecule has 0 aromatic carbocycles. The summed E-state index contributed by atoms with van der Waals surface area (Å²) >= 11 is 0. The van der Waals surface area contributed by atoms with Crippen LogP contribution < -0.4 is 0 Å². The van der Waals surface area contributed by atoms with Crippen LogP contribution >= 0.6 is 0 Å². The minimum atomic E-state index is -4.02. The molecule has 0 aliphatic carbocycles. The number of rotatable bonds is 2. The van der Waals surface area contributed by atoms with Gasteiger partial charge in [0.25, 0.3) is 0 Å². The quantitative estimate of drug-likeness (QED) is 0.632. The molecule has 1 nitrogen and oxygen atoms in total. The fourth-order valence-corrected chi connectivity index (χ4v) is 1.75. The molecule has 1 atom stereocenters. The van der Waals surface area contributed by atoms with Crippen LogP contribution in [0.15, 0.2) is 0 Å². The lowest BCUT2D eigenvalue weighted by molar-refractivity contribution is -0.175. The standard InChI is InChI=1S/C8H14F3N/c1-2-5-12-6-3-4-7(12)8(9,10)11/h7H,2-6H2,1H3. The van der Waals surface area contributed by atoms with Crippen molar-refractivity contribution in [1.82, 2.24) is 4.90 Å². The Kier molecular flexibility index (Phi) is 2.99. The summed E-state index contributed by atoms with van der Waals surface area (Å²) in [5.41, 5.74) is 0. The Balaban J connectivity index is 2.52. The van der Waals surface area contributed by atoms with Crippen LogP contribution in [0.4, 0.5) is 13.2 Å². The van der Waals surface area contributed by atoms with E-state index in [4.69, 9.17) is 0 Å². The maximum Gasteiger partial charge on any atom is 0.404 e. The second kappa shape index (κ2) is 3.64. The number of hydrogen-bond acceptors (Lipinski definition) is 1. The molecule has 0 saturated carbocycles. The van der Waals surface area contributed by atoms with Crippen LogP contribution in [0.1, 0.15) is 26.2 Å². The van der Waals surface area contributed by atoms with Gasteiger partial charge in [0.1, 0.15) is 6.04 Å². The molecule has 4 heteroatoms. The highest BCUT2D eigenvalue weighted by atomic mass is 19.4. The SMILES string of the molecule is CCCN1CCCC1C(F)(F)F. The predicted octanol–water partition coefficient (Wildman–Crippen LogP) is 2.42. The summed E-state index contributed by atoms with van der Waals surface area (Å²) in [6, 6.07) is -1.17. The Hall–Kier alpha value is -0.250. The lowest BCUT2D eigenvalue weighted by Crippen LogP contribution is -2.41. The molecule has 0 spiro atoms. The first kappa shape index (κ1) is 9.84. The third-order valence-electron chi connectivity index (χ3n) is 2.25. The van der Waals surface area contributed by atoms with Crippen molar-refractivity contribution in [2.75, 3.05) is 13.1 Å². The zero-order valence-electron chi connectivity index (χ0n) is 7.19. The lowest BCUT2D eigenvalue weighted by Gasteiger charge is -2.25. The average Bonchev–Trinajstić information content (AvgIpc) is 2.34. The summed E-state index contributed by atoms with van der Waals surface area (Å²) in [5, 5.41) is 0. The van der Waals surface area contributed by atoms with Gasteiger partial charge < -0.3 is 0 Å². The fourth-order valence-electron chi connectivity index (χ4n) is 1.75. The zero-order valence-corrected chi connectivity index (χ0v) is 7.19. The van der Waals surface area contributed by atoms with Crippen molar-refractivity contribution in [2.24, 2.45) is 0 Å². The van der Waals surface area contributed by atoms with Crippen LogP contribution in [0.3, 0.4) is 0 Å². The maximum absolute atomic E-state index is 12.3. The highest BCUT2D eigenvalue weighted by molar-refractivity contribution is 4.84. The van der Waals surface area contributed by atoms with Gasteiger partial charge in [0.15, 0.2) is 0 Å². The molecular formula is C8H14F3N. The third-order valence-corrected chi connectivity index (χ3v) is 2.25. The van der Waals surface area contributed by atoms with E-state index >= 15 is 0 Å². The molecule has 0 N–H and O–H groups in total. The first-order chi connectivity index (χ1) is 5.55. The van der Waals surface area contributed by atoms with E-state index in [1.54, 1.807) is 4.90 Å². The van der Waals surface area contributed by atoms with Gasteiger partial charge in [0.05, 0.1) is 0 Å². The molecule has 0 amide bonds. The van der Waals surface area contributed by atoms with Gasteiger partial charge in [0, 0.05) is 0 Å². The van der Waals surface area contributed by atoms with Gasteiger partial charge in [-0.1, -0.05) is 6.92 Å². The summed E-state index contributed by atoms with van der Waals surface area (Å²) in [4.78, 5) is 1.54. The summed E-state index contributed by atoms with van der Waals surface area (Å²) in [6.07, 6.45) is -2.26. The number of nitrogens with zero attached hydrogens (tertiary/aromatic N) is 1. The van der Waals surface area contributed by atoms with Crippen LogP contribution in [0.5, 0.6) is 0 Å². The molecule has 1 rings (SSSR count). The summed E-state index contributed by atoms with van der Waals surface area (Å²) in [7, 11) is 0. The van der Waals surface area contributed by atoms with Crippen LogP contribution in [0, 0.1) is 0 Å². The first-order valence-corrected chi connectivity index (χ1v) is 4.36. The van der Waals surface area contributed by atoms with Gasteiger partial charge >= 0.3 is 6.18 Å². The maximum atomic E-state index is 12.3. The fraction of sp³-hybridized carbons (Fsp3) is 1.00. The molecule has 1 aliphatic heterocycles. The topological polar surface area (TPSA) is 3.24 Å². The Labute approximate surface area is 70.5 Å². The number of hydrogen-bond donors (Lipinski definition) is 0. The van der Waals surface area contributed by atoms with E-state index in [0.29, 0.717) is 19.5 Å². The van der Waals surface area contributed by atoms with Crippen LogP contribution in [0.2, 0.25) is 0 Å². The van der Waals surface area contributed by atoms with Crippen molar-refractivity contribution in [1.29, 1.82) is 0 Å². The molecule has 72 valence electrons. The Morgan fingerprint density at radius 1 is 1.42 bits per heavy atom. The third kappa shape index (κ3) is 2.12. The lowest BCUT2D eigenvalue weighted by atomic mass is 10.2. The summed E-state index contributed by atoms with van der Waals surface area (Å²) in [5.74, 6) is 0. The molecule has 12 heavy (non-hydrogen) atoms. The van der Waals surface area contributed by atoms with E-state index in [1.165, 1.54) is 0 Å². The normalized spacial score (nSPS) is 26.5. The summed E-state index contributed by atoms with van der Waals surface area (Å²) < 4.78 is 36.9. The molecule has 0 aromatic heterocycles. The van der Waals surface area contributed by atoms with E-state index in [9.17, 15) is 13.2 Å². The van der Waals surface area contributed by atoms with Crippen molar-refractivity contribution >= 4 is 0 Å². The van der Waals surface area contributed by atoms with Gasteiger partial charge in [-0.3, -0.25) is 4.90 Å². The first-order valence-electron chi connectivity index (χ1n) is 4.36. The van der Waals surface area contributed by atoms with Gasteiger partial charge in [0.2, 0.25) is 0 Å².